The number of nitrogens with one attached hydrogen (secondary N) is 1. The largest absolute Gasteiger partial charge is 0.477 e. The molecule has 0 saturated heterocycles. The first-order chi connectivity index (χ1) is 8.69. The third-order valence-electron chi connectivity index (χ3n) is 2.78. The van der Waals surface area contributed by atoms with Gasteiger partial charge in [-0.05, 0) is 18.8 Å². The van der Waals surface area contributed by atoms with Crippen molar-refractivity contribution < 1.29 is 4.74 Å². The molecule has 4 nitrogen and oxygen atoms in total. The highest BCUT2D eigenvalue weighted by molar-refractivity contribution is 5.37. The van der Waals surface area contributed by atoms with E-state index in [2.05, 4.69) is 36.1 Å². The van der Waals surface area contributed by atoms with E-state index in [-0.39, 0.29) is 0 Å². The molecule has 0 saturated carbocycles. The van der Waals surface area contributed by atoms with E-state index in [1.807, 2.05) is 13.1 Å². The second kappa shape index (κ2) is 7.90. The van der Waals surface area contributed by atoms with Crippen molar-refractivity contribution in [3.05, 3.63) is 11.9 Å². The Morgan fingerprint density at radius 3 is 2.67 bits per heavy atom. The Morgan fingerprint density at radius 2 is 2.06 bits per heavy atom. The molecule has 1 unspecified atom stereocenters. The zero-order chi connectivity index (χ0) is 13.4. The SMILES string of the molecule is CCCc1nc(NC)cc(OCC(C)CCC)n1. The molecule has 0 aliphatic carbocycles. The lowest BCUT2D eigenvalue weighted by atomic mass is 10.1. The Bertz CT molecular complexity index is 355. The Labute approximate surface area is 110 Å². The van der Waals surface area contributed by atoms with Gasteiger partial charge < -0.3 is 10.1 Å². The van der Waals surface area contributed by atoms with Gasteiger partial charge in [-0.2, -0.15) is 4.98 Å². The quantitative estimate of drug-likeness (QED) is 0.770. The van der Waals surface area contributed by atoms with Gasteiger partial charge in [-0.1, -0.05) is 27.2 Å². The van der Waals surface area contributed by atoms with Crippen molar-refractivity contribution in [1.29, 1.82) is 0 Å². The van der Waals surface area contributed by atoms with Crippen molar-refractivity contribution in [3.63, 3.8) is 0 Å². The van der Waals surface area contributed by atoms with Gasteiger partial charge in [-0.3, -0.25) is 0 Å². The zero-order valence-electron chi connectivity index (χ0n) is 12.0. The van der Waals surface area contributed by atoms with Gasteiger partial charge in [0.25, 0.3) is 0 Å². The summed E-state index contributed by atoms with van der Waals surface area (Å²) < 4.78 is 5.76. The molecule has 0 amide bonds. The van der Waals surface area contributed by atoms with Crippen molar-refractivity contribution in [2.75, 3.05) is 19.0 Å². The summed E-state index contributed by atoms with van der Waals surface area (Å²) in [5.41, 5.74) is 0. The lowest BCUT2D eigenvalue weighted by Gasteiger charge is -2.12. The van der Waals surface area contributed by atoms with Crippen LogP contribution in [0.2, 0.25) is 0 Å². The molecule has 1 aromatic heterocycles. The van der Waals surface area contributed by atoms with Crippen LogP contribution in [0.1, 0.15) is 45.9 Å². The van der Waals surface area contributed by atoms with E-state index in [1.54, 1.807) is 0 Å². The van der Waals surface area contributed by atoms with Crippen molar-refractivity contribution >= 4 is 5.82 Å². The predicted octanol–water partition coefficient (Wildman–Crippen LogP) is 3.29. The van der Waals surface area contributed by atoms with Crippen molar-refractivity contribution in [1.82, 2.24) is 9.97 Å². The van der Waals surface area contributed by atoms with Gasteiger partial charge in [-0.15, -0.1) is 0 Å². The lowest BCUT2D eigenvalue weighted by molar-refractivity contribution is 0.242. The number of aromatic nitrogens is 2. The Morgan fingerprint density at radius 1 is 1.28 bits per heavy atom. The maximum absolute atomic E-state index is 5.76. The zero-order valence-corrected chi connectivity index (χ0v) is 12.0. The Kier molecular flexibility index (Phi) is 6.47. The van der Waals surface area contributed by atoms with Gasteiger partial charge in [0.1, 0.15) is 11.6 Å². The maximum atomic E-state index is 5.76. The lowest BCUT2D eigenvalue weighted by Crippen LogP contribution is -2.10. The molecular weight excluding hydrogens is 226 g/mol. The van der Waals surface area contributed by atoms with E-state index in [0.29, 0.717) is 11.8 Å². The van der Waals surface area contributed by atoms with Gasteiger partial charge >= 0.3 is 0 Å². The van der Waals surface area contributed by atoms with Gasteiger partial charge in [0.2, 0.25) is 5.88 Å². The molecule has 0 spiro atoms. The molecular formula is C14H25N3O. The number of ether oxygens (including phenoxy) is 1. The minimum absolute atomic E-state index is 0.567. The summed E-state index contributed by atoms with van der Waals surface area (Å²) >= 11 is 0. The molecule has 1 aromatic rings. The standard InChI is InChI=1S/C14H25N3O/c1-5-7-11(3)10-18-14-9-13(15-4)16-12(17-14)8-6-2/h9,11H,5-8,10H2,1-4H3,(H,15,16,17). The number of hydrogen-bond donors (Lipinski definition) is 1. The summed E-state index contributed by atoms with van der Waals surface area (Å²) in [5.74, 6) is 2.92. The topological polar surface area (TPSA) is 47.0 Å². The number of aryl methyl sites for hydroxylation is 1. The monoisotopic (exact) mass is 251 g/mol. The molecule has 18 heavy (non-hydrogen) atoms. The molecule has 0 bridgehead atoms. The highest BCUT2D eigenvalue weighted by Gasteiger charge is 2.06. The number of nitrogens with zero attached hydrogens (tertiary/aromatic N) is 2. The molecule has 4 heteroatoms. The van der Waals surface area contributed by atoms with E-state index >= 15 is 0 Å². The van der Waals surface area contributed by atoms with E-state index in [1.165, 1.54) is 12.8 Å². The normalized spacial score (nSPS) is 12.2. The number of hydrogen-bond acceptors (Lipinski definition) is 4. The number of anilines is 1. The third-order valence-corrected chi connectivity index (χ3v) is 2.78. The smallest absolute Gasteiger partial charge is 0.218 e. The van der Waals surface area contributed by atoms with Crippen LogP contribution in [-0.4, -0.2) is 23.6 Å². The predicted molar refractivity (Wildman–Crippen MR) is 75.1 cm³/mol. The average Bonchev–Trinajstić information content (AvgIpc) is 2.37. The second-order valence-corrected chi connectivity index (χ2v) is 4.71. The van der Waals surface area contributed by atoms with E-state index < -0.39 is 0 Å². The minimum Gasteiger partial charge on any atom is -0.477 e. The van der Waals surface area contributed by atoms with Gasteiger partial charge in [0.15, 0.2) is 0 Å². The second-order valence-electron chi connectivity index (χ2n) is 4.71. The van der Waals surface area contributed by atoms with Crippen LogP contribution in [0.3, 0.4) is 0 Å². The molecule has 0 aromatic carbocycles. The van der Waals surface area contributed by atoms with Crippen LogP contribution >= 0.6 is 0 Å². The van der Waals surface area contributed by atoms with Crippen LogP contribution in [0.5, 0.6) is 5.88 Å². The summed E-state index contributed by atoms with van der Waals surface area (Å²) in [6.07, 6.45) is 4.30. The molecule has 0 radical (unpaired) electrons. The molecule has 1 heterocycles. The highest BCUT2D eigenvalue weighted by atomic mass is 16.5. The highest BCUT2D eigenvalue weighted by Crippen LogP contribution is 2.16. The van der Waals surface area contributed by atoms with Crippen LogP contribution in [0.4, 0.5) is 5.82 Å². The van der Waals surface area contributed by atoms with Gasteiger partial charge in [0, 0.05) is 19.5 Å². The fourth-order valence-corrected chi connectivity index (χ4v) is 1.81. The van der Waals surface area contributed by atoms with Crippen molar-refractivity contribution in [2.45, 2.75) is 46.5 Å². The van der Waals surface area contributed by atoms with Crippen molar-refractivity contribution in [2.24, 2.45) is 5.92 Å². The molecule has 0 aliphatic rings. The van der Waals surface area contributed by atoms with Crippen LogP contribution in [0, 0.1) is 5.92 Å². The van der Waals surface area contributed by atoms with E-state index in [9.17, 15) is 0 Å². The third kappa shape index (κ3) is 4.90. The molecule has 0 aliphatic heterocycles. The van der Waals surface area contributed by atoms with E-state index in [0.717, 1.165) is 31.1 Å². The average molecular weight is 251 g/mol. The fraction of sp³-hybridized carbons (Fsp3) is 0.714. The summed E-state index contributed by atoms with van der Waals surface area (Å²) in [7, 11) is 1.86. The minimum atomic E-state index is 0.567. The summed E-state index contributed by atoms with van der Waals surface area (Å²) in [4.78, 5) is 8.83. The number of rotatable bonds is 8. The molecule has 1 rings (SSSR count). The Balaban J connectivity index is 2.65. The molecule has 1 atom stereocenters. The van der Waals surface area contributed by atoms with Gasteiger partial charge in [0.05, 0.1) is 6.61 Å². The van der Waals surface area contributed by atoms with Crippen LogP contribution < -0.4 is 10.1 Å². The molecule has 0 fully saturated rings. The van der Waals surface area contributed by atoms with Crippen LogP contribution in [-0.2, 0) is 6.42 Å². The fourth-order valence-electron chi connectivity index (χ4n) is 1.81. The molecule has 102 valence electrons. The summed E-state index contributed by atoms with van der Waals surface area (Å²) in [5, 5.41) is 3.05. The first kappa shape index (κ1) is 14.7. The molecule has 1 N–H and O–H groups in total. The van der Waals surface area contributed by atoms with Crippen LogP contribution in [0.25, 0.3) is 0 Å². The van der Waals surface area contributed by atoms with Crippen molar-refractivity contribution in [3.8, 4) is 5.88 Å². The summed E-state index contributed by atoms with van der Waals surface area (Å²) in [6, 6.07) is 1.86. The van der Waals surface area contributed by atoms with Crippen LogP contribution in [0.15, 0.2) is 6.07 Å². The summed E-state index contributed by atoms with van der Waals surface area (Å²) in [6.45, 7) is 7.25. The Hall–Kier alpha value is -1.32. The maximum Gasteiger partial charge on any atom is 0.218 e. The van der Waals surface area contributed by atoms with Gasteiger partial charge in [-0.25, -0.2) is 4.98 Å². The first-order valence-corrected chi connectivity index (χ1v) is 6.88. The van der Waals surface area contributed by atoms with E-state index in [4.69, 9.17) is 4.74 Å². The first-order valence-electron chi connectivity index (χ1n) is 6.88.